The van der Waals surface area contributed by atoms with Gasteiger partial charge in [0.05, 0.1) is 0 Å². The van der Waals surface area contributed by atoms with Crippen LogP contribution in [0.4, 0.5) is 0 Å². The first-order valence-corrected chi connectivity index (χ1v) is 7.40. The van der Waals surface area contributed by atoms with Gasteiger partial charge in [-0.3, -0.25) is 14.6 Å². The largest absolute Gasteiger partial charge is 0.426 e. The van der Waals surface area contributed by atoms with E-state index in [4.69, 9.17) is 4.74 Å². The Bertz CT molecular complexity index is 726. The molecule has 23 heavy (non-hydrogen) atoms. The molecular formula is C18H16N2O3. The van der Waals surface area contributed by atoms with Gasteiger partial charge in [-0.25, -0.2) is 0 Å². The van der Waals surface area contributed by atoms with Crippen LogP contribution in [-0.2, 0) is 9.59 Å². The highest BCUT2D eigenvalue weighted by Crippen LogP contribution is 2.20. The third-order valence-electron chi connectivity index (χ3n) is 3.51. The summed E-state index contributed by atoms with van der Waals surface area (Å²) in [6.45, 7) is 0.708. The molecule has 2 aromatic rings. The summed E-state index contributed by atoms with van der Waals surface area (Å²) in [6.07, 6.45) is 0.723. The number of ether oxygens (including phenoxy) is 1. The van der Waals surface area contributed by atoms with E-state index in [-0.39, 0.29) is 0 Å². The Morgan fingerprint density at radius 1 is 1.00 bits per heavy atom. The number of para-hydroxylation sites is 1. The van der Waals surface area contributed by atoms with Crippen LogP contribution in [0.5, 0.6) is 5.75 Å². The van der Waals surface area contributed by atoms with Crippen molar-refractivity contribution >= 4 is 17.7 Å². The zero-order valence-corrected chi connectivity index (χ0v) is 12.4. The Labute approximate surface area is 134 Å². The molecule has 0 aromatic heterocycles. The smallest absolute Gasteiger partial charge is 0.328 e. The third-order valence-corrected chi connectivity index (χ3v) is 3.51. The molecule has 2 aromatic carbocycles. The summed E-state index contributed by atoms with van der Waals surface area (Å²) in [5, 5.41) is 2.69. The van der Waals surface area contributed by atoms with Crippen LogP contribution < -0.4 is 10.1 Å². The molecular weight excluding hydrogens is 292 g/mol. The molecule has 1 aliphatic heterocycles. The molecule has 1 heterocycles. The lowest BCUT2D eigenvalue weighted by molar-refractivity contribution is -0.140. The molecule has 0 aliphatic carbocycles. The highest BCUT2D eigenvalue weighted by Gasteiger charge is 2.31. The van der Waals surface area contributed by atoms with Gasteiger partial charge in [0, 0.05) is 13.0 Å². The fourth-order valence-corrected chi connectivity index (χ4v) is 2.24. The molecule has 1 aliphatic rings. The number of amides is 1. The standard InChI is InChI=1S/C18H16N2O3/c21-17(20-15-11-12-19-15)16(13-7-3-1-4-8-13)18(22)23-14-9-5-2-6-10-14/h1-10,16H,11-12H2,(H,19,20,21). The second kappa shape index (κ2) is 6.87. The van der Waals surface area contributed by atoms with Gasteiger partial charge < -0.3 is 10.1 Å². The van der Waals surface area contributed by atoms with Crippen molar-refractivity contribution in [1.29, 1.82) is 0 Å². The maximum Gasteiger partial charge on any atom is 0.328 e. The number of hydrogen-bond acceptors (Lipinski definition) is 4. The molecule has 0 radical (unpaired) electrons. The number of nitrogens with zero attached hydrogens (tertiary/aromatic N) is 1. The van der Waals surface area contributed by atoms with E-state index in [1.54, 1.807) is 48.5 Å². The quantitative estimate of drug-likeness (QED) is 0.535. The van der Waals surface area contributed by atoms with Gasteiger partial charge >= 0.3 is 5.97 Å². The lowest BCUT2D eigenvalue weighted by Gasteiger charge is -2.19. The van der Waals surface area contributed by atoms with Gasteiger partial charge in [0.1, 0.15) is 11.6 Å². The van der Waals surface area contributed by atoms with Crippen molar-refractivity contribution < 1.29 is 14.3 Å². The molecule has 0 fully saturated rings. The molecule has 1 amide bonds. The number of nitrogens with one attached hydrogen (secondary N) is 1. The monoisotopic (exact) mass is 308 g/mol. The summed E-state index contributed by atoms with van der Waals surface area (Å²) in [6, 6.07) is 17.6. The number of carbonyl (C=O) groups excluding carboxylic acids is 2. The van der Waals surface area contributed by atoms with E-state index in [2.05, 4.69) is 10.3 Å². The summed E-state index contributed by atoms with van der Waals surface area (Å²) in [7, 11) is 0. The first-order valence-electron chi connectivity index (χ1n) is 7.40. The molecule has 1 unspecified atom stereocenters. The summed E-state index contributed by atoms with van der Waals surface area (Å²) in [4.78, 5) is 29.1. The van der Waals surface area contributed by atoms with Crippen molar-refractivity contribution in [1.82, 2.24) is 5.32 Å². The second-order valence-corrected chi connectivity index (χ2v) is 5.15. The molecule has 3 rings (SSSR count). The van der Waals surface area contributed by atoms with E-state index in [1.165, 1.54) is 0 Å². The van der Waals surface area contributed by atoms with Crippen LogP contribution in [0.2, 0.25) is 0 Å². The van der Waals surface area contributed by atoms with E-state index in [0.717, 1.165) is 6.42 Å². The Balaban J connectivity index is 1.82. The summed E-state index contributed by atoms with van der Waals surface area (Å²) < 4.78 is 5.35. The van der Waals surface area contributed by atoms with Crippen LogP contribution in [0, 0.1) is 0 Å². The molecule has 5 heteroatoms. The predicted octanol–water partition coefficient (Wildman–Crippen LogP) is 2.29. The van der Waals surface area contributed by atoms with Gasteiger partial charge in [0.25, 0.3) is 0 Å². The molecule has 0 saturated carbocycles. The Morgan fingerprint density at radius 3 is 2.17 bits per heavy atom. The summed E-state index contributed by atoms with van der Waals surface area (Å²) in [5.74, 6) is -1.04. The van der Waals surface area contributed by atoms with Crippen LogP contribution in [0.25, 0.3) is 0 Å². The van der Waals surface area contributed by atoms with Crippen molar-refractivity contribution in [2.45, 2.75) is 12.3 Å². The normalized spacial score (nSPS) is 14.2. The summed E-state index contributed by atoms with van der Waals surface area (Å²) in [5.41, 5.74) is 0.589. The number of rotatable bonds is 4. The predicted molar refractivity (Wildman–Crippen MR) is 86.3 cm³/mol. The average molecular weight is 308 g/mol. The molecule has 0 bridgehead atoms. The SMILES string of the molecule is O=C(NC1=NCC1)C(C(=O)Oc1ccccc1)c1ccccc1. The van der Waals surface area contributed by atoms with Gasteiger partial charge in [-0.1, -0.05) is 48.5 Å². The Morgan fingerprint density at radius 2 is 1.61 bits per heavy atom. The fourth-order valence-electron chi connectivity index (χ4n) is 2.24. The van der Waals surface area contributed by atoms with Crippen molar-refractivity contribution in [3.05, 3.63) is 66.2 Å². The minimum absolute atomic E-state index is 0.409. The number of carbonyl (C=O) groups is 2. The summed E-state index contributed by atoms with van der Waals surface area (Å²) >= 11 is 0. The molecule has 1 N–H and O–H groups in total. The Kier molecular flexibility index (Phi) is 4.47. The zero-order chi connectivity index (χ0) is 16.1. The van der Waals surface area contributed by atoms with E-state index in [1.807, 2.05) is 12.1 Å². The van der Waals surface area contributed by atoms with Gasteiger partial charge in [-0.05, 0) is 17.7 Å². The fraction of sp³-hybridized carbons (Fsp3) is 0.167. The van der Waals surface area contributed by atoms with E-state index < -0.39 is 17.8 Å². The van der Waals surface area contributed by atoms with Gasteiger partial charge in [-0.2, -0.15) is 0 Å². The zero-order valence-electron chi connectivity index (χ0n) is 12.4. The van der Waals surface area contributed by atoms with Gasteiger partial charge in [0.2, 0.25) is 5.91 Å². The van der Waals surface area contributed by atoms with Crippen LogP contribution in [-0.4, -0.2) is 24.3 Å². The number of benzene rings is 2. The topological polar surface area (TPSA) is 67.8 Å². The maximum absolute atomic E-state index is 12.5. The average Bonchev–Trinajstić information content (AvgIpc) is 2.53. The highest BCUT2D eigenvalue weighted by atomic mass is 16.5. The number of amidine groups is 1. The van der Waals surface area contributed by atoms with Crippen molar-refractivity contribution in [3.63, 3.8) is 0 Å². The lowest BCUT2D eigenvalue weighted by atomic mass is 9.98. The Hall–Kier alpha value is -2.95. The van der Waals surface area contributed by atoms with Crippen LogP contribution in [0.15, 0.2) is 65.7 Å². The van der Waals surface area contributed by atoms with Crippen molar-refractivity contribution in [2.24, 2.45) is 4.99 Å². The molecule has 0 spiro atoms. The van der Waals surface area contributed by atoms with Gasteiger partial charge in [-0.15, -0.1) is 0 Å². The first kappa shape index (κ1) is 15.0. The minimum atomic E-state index is -1.03. The van der Waals surface area contributed by atoms with Crippen LogP contribution in [0.3, 0.4) is 0 Å². The minimum Gasteiger partial charge on any atom is -0.426 e. The maximum atomic E-state index is 12.5. The van der Waals surface area contributed by atoms with E-state index in [9.17, 15) is 9.59 Å². The second-order valence-electron chi connectivity index (χ2n) is 5.15. The van der Waals surface area contributed by atoms with Crippen LogP contribution in [0.1, 0.15) is 17.9 Å². The van der Waals surface area contributed by atoms with E-state index >= 15 is 0 Å². The van der Waals surface area contributed by atoms with Crippen LogP contribution >= 0.6 is 0 Å². The molecule has 1 atom stereocenters. The number of esters is 1. The first-order chi connectivity index (χ1) is 11.2. The highest BCUT2D eigenvalue weighted by molar-refractivity contribution is 6.11. The van der Waals surface area contributed by atoms with Crippen molar-refractivity contribution in [3.8, 4) is 5.75 Å². The molecule has 0 saturated heterocycles. The third kappa shape index (κ3) is 3.63. The lowest BCUT2D eigenvalue weighted by Crippen LogP contribution is -2.41. The van der Waals surface area contributed by atoms with Gasteiger partial charge in [0.15, 0.2) is 5.92 Å². The van der Waals surface area contributed by atoms with Crippen molar-refractivity contribution in [2.75, 3.05) is 6.54 Å². The number of hydrogen-bond donors (Lipinski definition) is 1. The number of aliphatic imine (C=N–C) groups is 1. The molecule has 116 valence electrons. The van der Waals surface area contributed by atoms with E-state index in [0.29, 0.717) is 23.7 Å². The molecule has 5 nitrogen and oxygen atoms in total.